The molecule has 3 N–H and O–H groups in total. The Balaban J connectivity index is 0.000000269. The Hall–Kier alpha value is -1.98. The fourth-order valence-corrected chi connectivity index (χ4v) is 3.48. The van der Waals surface area contributed by atoms with E-state index in [4.69, 9.17) is 38.3 Å². The van der Waals surface area contributed by atoms with Crippen molar-refractivity contribution in [3.63, 3.8) is 0 Å². The Morgan fingerprint density at radius 1 is 1.20 bits per heavy atom. The number of aromatic amines is 1. The fraction of sp³-hybridized carbons (Fsp3) is 0.478. The van der Waals surface area contributed by atoms with Crippen LogP contribution in [-0.4, -0.2) is 16.4 Å². The number of nitrogens with zero attached hydrogens (tertiary/aromatic N) is 1. The van der Waals surface area contributed by atoms with E-state index in [0.29, 0.717) is 21.8 Å². The smallest absolute Gasteiger partial charge is 0.222 e. The minimum absolute atomic E-state index is 0.427. The van der Waals surface area contributed by atoms with Gasteiger partial charge < -0.3 is 20.0 Å². The van der Waals surface area contributed by atoms with Gasteiger partial charge in [0.25, 0.3) is 0 Å². The van der Waals surface area contributed by atoms with Gasteiger partial charge in [-0.15, -0.1) is 0 Å². The molecule has 1 atom stereocenters. The molecule has 7 heteroatoms. The molecule has 2 heterocycles. The van der Waals surface area contributed by atoms with E-state index in [1.54, 1.807) is 6.07 Å². The molecule has 30 heavy (non-hydrogen) atoms. The van der Waals surface area contributed by atoms with Crippen LogP contribution in [0, 0.1) is 12.8 Å². The number of aryl methyl sites for hydroxylation is 1. The lowest BCUT2D eigenvalue weighted by molar-refractivity contribution is -0.106. The molecular formula is C23H33Cl2N3O2. The number of nitrogens with two attached hydrogens (primary N) is 1. The SMILES string of the molecule is CC=O.CCCC(CCC(C)C)c1cc(N)on1.Cc1cc2c(Cl)c(Cl)ccc2[nH]1. The van der Waals surface area contributed by atoms with Crippen LogP contribution in [0.4, 0.5) is 5.88 Å². The first-order valence-electron chi connectivity index (χ1n) is 10.3. The van der Waals surface area contributed by atoms with Crippen LogP contribution in [0.1, 0.15) is 70.7 Å². The van der Waals surface area contributed by atoms with Crippen LogP contribution in [0.5, 0.6) is 0 Å². The van der Waals surface area contributed by atoms with Crippen molar-refractivity contribution in [3.05, 3.63) is 45.7 Å². The summed E-state index contributed by atoms with van der Waals surface area (Å²) in [5, 5.41) is 6.22. The summed E-state index contributed by atoms with van der Waals surface area (Å²) < 4.78 is 4.93. The number of H-pyrrole nitrogens is 1. The molecule has 0 aliphatic rings. The van der Waals surface area contributed by atoms with E-state index in [1.807, 2.05) is 25.1 Å². The molecule has 0 saturated carbocycles. The van der Waals surface area contributed by atoms with E-state index in [0.717, 1.165) is 34.5 Å². The van der Waals surface area contributed by atoms with Crippen molar-refractivity contribution in [3.8, 4) is 0 Å². The number of halogens is 2. The van der Waals surface area contributed by atoms with Crippen LogP contribution in [0.25, 0.3) is 10.9 Å². The van der Waals surface area contributed by atoms with E-state index in [1.165, 1.54) is 32.6 Å². The van der Waals surface area contributed by atoms with E-state index in [-0.39, 0.29) is 0 Å². The van der Waals surface area contributed by atoms with Crippen molar-refractivity contribution in [2.45, 2.75) is 66.2 Å². The molecule has 5 nitrogen and oxygen atoms in total. The molecule has 0 spiro atoms. The van der Waals surface area contributed by atoms with Crippen molar-refractivity contribution in [1.82, 2.24) is 10.1 Å². The molecule has 0 bridgehead atoms. The highest BCUT2D eigenvalue weighted by Crippen LogP contribution is 2.31. The molecule has 166 valence electrons. The Kier molecular flexibility index (Phi) is 11.6. The second-order valence-corrected chi connectivity index (χ2v) is 8.41. The lowest BCUT2D eigenvalue weighted by Gasteiger charge is -2.14. The van der Waals surface area contributed by atoms with Crippen LogP contribution in [0.15, 0.2) is 28.8 Å². The molecule has 0 aliphatic heterocycles. The molecule has 0 radical (unpaired) electrons. The van der Waals surface area contributed by atoms with Crippen LogP contribution in [0.2, 0.25) is 10.0 Å². The average molecular weight is 454 g/mol. The number of anilines is 1. The maximum absolute atomic E-state index is 8.81. The Bertz CT molecular complexity index is 903. The number of carbonyl (C=O) groups is 1. The normalized spacial score (nSPS) is 11.5. The van der Waals surface area contributed by atoms with Crippen molar-refractivity contribution in [2.24, 2.45) is 5.92 Å². The minimum atomic E-state index is 0.427. The number of nitrogen functional groups attached to an aromatic ring is 1. The number of nitrogens with one attached hydrogen (secondary N) is 1. The van der Waals surface area contributed by atoms with Crippen LogP contribution < -0.4 is 5.73 Å². The summed E-state index contributed by atoms with van der Waals surface area (Å²) in [5.41, 5.74) is 8.68. The Morgan fingerprint density at radius 3 is 2.40 bits per heavy atom. The quantitative estimate of drug-likeness (QED) is 0.376. The van der Waals surface area contributed by atoms with Gasteiger partial charge in [0.05, 0.1) is 15.7 Å². The van der Waals surface area contributed by atoms with Crippen molar-refractivity contribution >= 4 is 46.3 Å². The molecular weight excluding hydrogens is 421 g/mol. The van der Waals surface area contributed by atoms with Gasteiger partial charge in [0.2, 0.25) is 5.88 Å². The molecule has 3 rings (SSSR count). The molecule has 0 fully saturated rings. The predicted molar refractivity (Wildman–Crippen MR) is 127 cm³/mol. The van der Waals surface area contributed by atoms with Gasteiger partial charge in [-0.1, -0.05) is 62.0 Å². The Labute approximate surface area is 189 Å². The first kappa shape index (κ1) is 26.1. The first-order valence-corrected chi connectivity index (χ1v) is 11.0. The summed E-state index contributed by atoms with van der Waals surface area (Å²) in [5.74, 6) is 1.68. The van der Waals surface area contributed by atoms with Gasteiger partial charge in [0, 0.05) is 28.6 Å². The third kappa shape index (κ3) is 8.41. The number of aldehydes is 1. The summed E-state index contributed by atoms with van der Waals surface area (Å²) in [6.07, 6.45) is 5.50. The fourth-order valence-electron chi connectivity index (χ4n) is 3.10. The van der Waals surface area contributed by atoms with Crippen molar-refractivity contribution in [1.29, 1.82) is 0 Å². The molecule has 0 amide bonds. The van der Waals surface area contributed by atoms with Crippen LogP contribution in [-0.2, 0) is 4.79 Å². The van der Waals surface area contributed by atoms with Crippen molar-refractivity contribution < 1.29 is 9.32 Å². The number of benzene rings is 1. The predicted octanol–water partition coefficient (Wildman–Crippen LogP) is 7.57. The number of rotatable bonds is 6. The average Bonchev–Trinajstić information content (AvgIpc) is 3.28. The lowest BCUT2D eigenvalue weighted by atomic mass is 9.91. The highest BCUT2D eigenvalue weighted by atomic mass is 35.5. The van der Waals surface area contributed by atoms with Gasteiger partial charge >= 0.3 is 0 Å². The molecule has 0 saturated heterocycles. The van der Waals surface area contributed by atoms with Gasteiger partial charge in [-0.05, 0) is 50.8 Å². The number of hydrogen-bond acceptors (Lipinski definition) is 4. The molecule has 1 unspecified atom stereocenters. The standard InChI is InChI=1S/C12H22N2O.C9H7Cl2N.C2H4O/c1-4-5-10(7-6-9(2)3)11-8-12(13)15-14-11;1-5-4-6-8(12-5)3-2-7(10)9(6)11;1-2-3/h8-10H,4-7,13H2,1-3H3;2-4,12H,1H3;2H,1H3. The van der Waals surface area contributed by atoms with Crippen molar-refractivity contribution in [2.75, 3.05) is 5.73 Å². The zero-order valence-corrected chi connectivity index (χ0v) is 20.0. The lowest BCUT2D eigenvalue weighted by Crippen LogP contribution is -2.01. The van der Waals surface area contributed by atoms with E-state index >= 15 is 0 Å². The van der Waals surface area contributed by atoms with E-state index in [9.17, 15) is 0 Å². The van der Waals surface area contributed by atoms with Gasteiger partial charge in [-0.25, -0.2) is 0 Å². The molecule has 2 aromatic heterocycles. The first-order chi connectivity index (χ1) is 14.2. The summed E-state index contributed by atoms with van der Waals surface area (Å²) in [7, 11) is 0. The summed E-state index contributed by atoms with van der Waals surface area (Å²) in [6.45, 7) is 10.1. The third-order valence-corrected chi connectivity index (χ3v) is 5.34. The second kappa shape index (κ2) is 13.3. The third-order valence-electron chi connectivity index (χ3n) is 4.52. The topological polar surface area (TPSA) is 84.9 Å². The summed E-state index contributed by atoms with van der Waals surface area (Å²) >= 11 is 11.8. The monoisotopic (exact) mass is 453 g/mol. The molecule has 3 aromatic rings. The van der Waals surface area contributed by atoms with Gasteiger partial charge in [-0.3, -0.25) is 0 Å². The molecule has 1 aromatic carbocycles. The summed E-state index contributed by atoms with van der Waals surface area (Å²) in [4.78, 5) is 12.0. The van der Waals surface area contributed by atoms with E-state index in [2.05, 4.69) is 30.9 Å². The highest BCUT2D eigenvalue weighted by Gasteiger charge is 2.15. The zero-order valence-electron chi connectivity index (χ0n) is 18.5. The maximum atomic E-state index is 8.81. The minimum Gasteiger partial charge on any atom is -0.368 e. The highest BCUT2D eigenvalue weighted by molar-refractivity contribution is 6.45. The maximum Gasteiger partial charge on any atom is 0.222 e. The van der Waals surface area contributed by atoms with Crippen LogP contribution >= 0.6 is 23.2 Å². The largest absolute Gasteiger partial charge is 0.368 e. The number of carbonyl (C=O) groups excluding carboxylic acids is 1. The van der Waals surface area contributed by atoms with Gasteiger partial charge in [0.15, 0.2) is 0 Å². The Morgan fingerprint density at radius 2 is 1.87 bits per heavy atom. The summed E-state index contributed by atoms with van der Waals surface area (Å²) in [6, 6.07) is 7.57. The zero-order chi connectivity index (χ0) is 22.7. The van der Waals surface area contributed by atoms with E-state index < -0.39 is 0 Å². The number of hydrogen-bond donors (Lipinski definition) is 2. The second-order valence-electron chi connectivity index (χ2n) is 7.62. The number of aromatic nitrogens is 2. The number of fused-ring (bicyclic) bond motifs is 1. The van der Waals surface area contributed by atoms with Crippen LogP contribution in [0.3, 0.4) is 0 Å². The van der Waals surface area contributed by atoms with Gasteiger partial charge in [-0.2, -0.15) is 0 Å². The van der Waals surface area contributed by atoms with Gasteiger partial charge in [0.1, 0.15) is 6.29 Å². The molecule has 0 aliphatic carbocycles.